The van der Waals surface area contributed by atoms with Crippen LogP contribution >= 0.6 is 0 Å². The van der Waals surface area contributed by atoms with Crippen LogP contribution in [0.5, 0.6) is 0 Å². The van der Waals surface area contributed by atoms with Gasteiger partial charge in [0.25, 0.3) is 0 Å². The molecule has 3 rings (SSSR count). The van der Waals surface area contributed by atoms with Gasteiger partial charge in [-0.1, -0.05) is 37.1 Å². The largest absolute Gasteiger partial charge is 0.299 e. The minimum Gasteiger partial charge on any atom is -0.299 e. The fourth-order valence-electron chi connectivity index (χ4n) is 3.20. The van der Waals surface area contributed by atoms with Crippen molar-refractivity contribution in [3.8, 4) is 0 Å². The molecule has 1 aromatic carbocycles. The van der Waals surface area contributed by atoms with Crippen LogP contribution in [0.1, 0.15) is 49.1 Å². The van der Waals surface area contributed by atoms with E-state index in [1.807, 2.05) is 0 Å². The second-order valence-electron chi connectivity index (χ2n) is 5.25. The molecule has 1 unspecified atom stereocenters. The Morgan fingerprint density at radius 3 is 2.69 bits per heavy atom. The quantitative estimate of drug-likeness (QED) is 0.753. The standard InChI is InChI=1S/C15H18O/c16-15(11-5-1-2-6-11)10-13-9-12-7-3-4-8-14(12)13/h3-4,7-8,11,13H,1-2,5-6,9-10H2. The molecular formula is C15H18O. The van der Waals surface area contributed by atoms with Gasteiger partial charge in [0, 0.05) is 12.3 Å². The van der Waals surface area contributed by atoms with Crippen LogP contribution < -0.4 is 0 Å². The fourth-order valence-corrected chi connectivity index (χ4v) is 3.20. The van der Waals surface area contributed by atoms with Gasteiger partial charge in [-0.25, -0.2) is 0 Å². The van der Waals surface area contributed by atoms with E-state index in [1.165, 1.54) is 24.0 Å². The molecule has 84 valence electrons. The highest BCUT2D eigenvalue weighted by molar-refractivity contribution is 5.82. The average molecular weight is 214 g/mol. The summed E-state index contributed by atoms with van der Waals surface area (Å²) in [5, 5.41) is 0. The Balaban J connectivity index is 1.63. The van der Waals surface area contributed by atoms with Crippen molar-refractivity contribution in [1.29, 1.82) is 0 Å². The number of carbonyl (C=O) groups is 1. The van der Waals surface area contributed by atoms with Crippen molar-refractivity contribution in [2.45, 2.75) is 44.4 Å². The van der Waals surface area contributed by atoms with Gasteiger partial charge < -0.3 is 0 Å². The van der Waals surface area contributed by atoms with Crippen LogP contribution in [0.25, 0.3) is 0 Å². The third-order valence-corrected chi connectivity index (χ3v) is 4.22. The first-order valence-corrected chi connectivity index (χ1v) is 6.45. The van der Waals surface area contributed by atoms with Crippen molar-refractivity contribution in [3.05, 3.63) is 35.4 Å². The van der Waals surface area contributed by atoms with E-state index >= 15 is 0 Å². The third kappa shape index (κ3) is 1.68. The highest BCUT2D eigenvalue weighted by atomic mass is 16.1. The number of rotatable bonds is 3. The molecule has 1 atom stereocenters. The summed E-state index contributed by atoms with van der Waals surface area (Å²) >= 11 is 0. The maximum Gasteiger partial charge on any atom is 0.136 e. The molecule has 0 amide bonds. The summed E-state index contributed by atoms with van der Waals surface area (Å²) in [5.41, 5.74) is 2.88. The van der Waals surface area contributed by atoms with Gasteiger partial charge in [-0.15, -0.1) is 0 Å². The molecule has 16 heavy (non-hydrogen) atoms. The van der Waals surface area contributed by atoms with Crippen LogP contribution in [0.15, 0.2) is 24.3 Å². The molecule has 0 heterocycles. The van der Waals surface area contributed by atoms with Crippen LogP contribution in [0, 0.1) is 5.92 Å². The van der Waals surface area contributed by atoms with E-state index in [4.69, 9.17) is 0 Å². The molecule has 1 nitrogen and oxygen atoms in total. The minimum atomic E-state index is 0.396. The first kappa shape index (κ1) is 10.1. The zero-order valence-corrected chi connectivity index (χ0v) is 9.61. The third-order valence-electron chi connectivity index (χ3n) is 4.22. The SMILES string of the molecule is O=C(CC1Cc2ccccc21)C1CCCC1. The molecular weight excluding hydrogens is 196 g/mol. The fraction of sp³-hybridized carbons (Fsp3) is 0.533. The lowest BCUT2D eigenvalue weighted by Crippen LogP contribution is -2.22. The molecule has 1 aromatic rings. The second kappa shape index (κ2) is 4.04. The Morgan fingerprint density at radius 1 is 1.19 bits per heavy atom. The molecule has 1 heteroatoms. The van der Waals surface area contributed by atoms with Gasteiger partial charge in [0.2, 0.25) is 0 Å². The number of carbonyl (C=O) groups excluding carboxylic acids is 1. The minimum absolute atomic E-state index is 0.396. The first-order chi connectivity index (χ1) is 7.84. The van der Waals surface area contributed by atoms with E-state index in [9.17, 15) is 4.79 Å². The lowest BCUT2D eigenvalue weighted by Gasteiger charge is -2.30. The van der Waals surface area contributed by atoms with Crippen molar-refractivity contribution in [1.82, 2.24) is 0 Å². The summed E-state index contributed by atoms with van der Waals surface area (Å²) in [6.45, 7) is 0. The van der Waals surface area contributed by atoms with E-state index in [2.05, 4.69) is 24.3 Å². The topological polar surface area (TPSA) is 17.1 Å². The van der Waals surface area contributed by atoms with E-state index < -0.39 is 0 Å². The Morgan fingerprint density at radius 2 is 1.94 bits per heavy atom. The summed E-state index contributed by atoms with van der Waals surface area (Å²) in [6, 6.07) is 8.55. The second-order valence-corrected chi connectivity index (χ2v) is 5.25. The summed E-state index contributed by atoms with van der Waals surface area (Å²) < 4.78 is 0. The molecule has 0 spiro atoms. The number of hydrogen-bond acceptors (Lipinski definition) is 1. The molecule has 0 saturated heterocycles. The average Bonchev–Trinajstić information content (AvgIpc) is 2.79. The zero-order chi connectivity index (χ0) is 11.0. The smallest absolute Gasteiger partial charge is 0.136 e. The lowest BCUT2D eigenvalue weighted by molar-refractivity contribution is -0.123. The Kier molecular flexibility index (Phi) is 2.55. The van der Waals surface area contributed by atoms with E-state index in [1.54, 1.807) is 0 Å². The maximum absolute atomic E-state index is 12.1. The lowest BCUT2D eigenvalue weighted by atomic mass is 9.74. The van der Waals surface area contributed by atoms with Crippen molar-refractivity contribution in [2.75, 3.05) is 0 Å². The Labute approximate surface area is 96.9 Å². The highest BCUT2D eigenvalue weighted by Crippen LogP contribution is 2.39. The van der Waals surface area contributed by atoms with Crippen LogP contribution in [0.2, 0.25) is 0 Å². The Bertz CT molecular complexity index is 402. The molecule has 0 bridgehead atoms. The van der Waals surface area contributed by atoms with Gasteiger partial charge >= 0.3 is 0 Å². The zero-order valence-electron chi connectivity index (χ0n) is 9.61. The van der Waals surface area contributed by atoms with Gasteiger partial charge in [0.15, 0.2) is 0 Å². The van der Waals surface area contributed by atoms with Gasteiger partial charge in [-0.3, -0.25) is 4.79 Å². The van der Waals surface area contributed by atoms with Crippen molar-refractivity contribution in [2.24, 2.45) is 5.92 Å². The molecule has 0 aliphatic heterocycles. The van der Waals surface area contributed by atoms with Crippen LogP contribution in [-0.2, 0) is 11.2 Å². The highest BCUT2D eigenvalue weighted by Gasteiger charge is 2.30. The predicted molar refractivity (Wildman–Crippen MR) is 64.5 cm³/mol. The predicted octanol–water partition coefficient (Wildman–Crippen LogP) is 3.48. The summed E-state index contributed by atoms with van der Waals surface area (Å²) in [4.78, 5) is 12.1. The van der Waals surface area contributed by atoms with Crippen LogP contribution in [0.3, 0.4) is 0 Å². The van der Waals surface area contributed by atoms with Gasteiger partial charge in [0.1, 0.15) is 5.78 Å². The molecule has 2 aliphatic carbocycles. The summed E-state index contributed by atoms with van der Waals surface area (Å²) in [5.74, 6) is 1.45. The number of fused-ring (bicyclic) bond motifs is 1. The van der Waals surface area contributed by atoms with Gasteiger partial charge in [0.05, 0.1) is 0 Å². The van der Waals surface area contributed by atoms with Crippen molar-refractivity contribution < 1.29 is 4.79 Å². The molecule has 2 aliphatic rings. The summed E-state index contributed by atoms with van der Waals surface area (Å²) in [6.07, 6.45) is 6.73. The Hall–Kier alpha value is -1.11. The van der Waals surface area contributed by atoms with Gasteiger partial charge in [-0.2, -0.15) is 0 Å². The monoisotopic (exact) mass is 214 g/mol. The van der Waals surface area contributed by atoms with Crippen LogP contribution in [0.4, 0.5) is 0 Å². The first-order valence-electron chi connectivity index (χ1n) is 6.45. The number of hydrogen-bond donors (Lipinski definition) is 0. The number of ketones is 1. The summed E-state index contributed by atoms with van der Waals surface area (Å²) in [7, 11) is 0. The molecule has 0 aromatic heterocycles. The van der Waals surface area contributed by atoms with Crippen molar-refractivity contribution in [3.63, 3.8) is 0 Å². The van der Waals surface area contributed by atoms with Gasteiger partial charge in [-0.05, 0) is 36.3 Å². The van der Waals surface area contributed by atoms with Crippen LogP contribution in [-0.4, -0.2) is 5.78 Å². The molecule has 1 fully saturated rings. The van der Waals surface area contributed by atoms with Crippen molar-refractivity contribution >= 4 is 5.78 Å². The van der Waals surface area contributed by atoms with E-state index in [0.29, 0.717) is 17.6 Å². The normalized spacial score (nSPS) is 23.9. The van der Waals surface area contributed by atoms with E-state index in [0.717, 1.165) is 25.7 Å². The molecule has 0 radical (unpaired) electrons. The number of benzene rings is 1. The maximum atomic E-state index is 12.1. The molecule has 1 saturated carbocycles. The number of Topliss-reactive ketones (excluding diaryl/α,β-unsaturated/α-hetero) is 1. The molecule has 0 N–H and O–H groups in total. The van der Waals surface area contributed by atoms with E-state index in [-0.39, 0.29) is 0 Å².